The van der Waals surface area contributed by atoms with Crippen molar-refractivity contribution in [1.82, 2.24) is 4.98 Å². The molecule has 0 saturated heterocycles. The number of halogens is 2. The van der Waals surface area contributed by atoms with E-state index in [1.54, 1.807) is 22.9 Å². The SMILES string of the molecule is O=C1CCc2cc(Br)cc(O)c2C1.O=C1CCc2cc(Br)cc(OCc3cscn3)c2C1. The maximum absolute atomic E-state index is 11.6. The molecule has 0 amide bonds. The first-order valence-electron chi connectivity index (χ1n) is 10.2. The smallest absolute Gasteiger partial charge is 0.137 e. The van der Waals surface area contributed by atoms with Gasteiger partial charge in [-0.3, -0.25) is 9.59 Å². The summed E-state index contributed by atoms with van der Waals surface area (Å²) < 4.78 is 7.71. The van der Waals surface area contributed by atoms with Gasteiger partial charge >= 0.3 is 0 Å². The summed E-state index contributed by atoms with van der Waals surface area (Å²) in [7, 11) is 0. The highest BCUT2D eigenvalue weighted by molar-refractivity contribution is 9.10. The number of phenolic OH excluding ortho intramolecular Hbond substituents is 1. The molecule has 32 heavy (non-hydrogen) atoms. The molecule has 0 unspecified atom stereocenters. The van der Waals surface area contributed by atoms with Crippen LogP contribution in [0.25, 0.3) is 0 Å². The van der Waals surface area contributed by atoms with Crippen LogP contribution in [0.15, 0.2) is 44.1 Å². The molecule has 1 N–H and O–H groups in total. The Kier molecular flexibility index (Phi) is 7.43. The number of hydrogen-bond donors (Lipinski definition) is 1. The number of thiazole rings is 1. The van der Waals surface area contributed by atoms with E-state index in [0.717, 1.165) is 49.9 Å². The highest BCUT2D eigenvalue weighted by Gasteiger charge is 2.21. The van der Waals surface area contributed by atoms with E-state index in [-0.39, 0.29) is 17.3 Å². The third-order valence-corrected chi connectivity index (χ3v) is 7.05. The Labute approximate surface area is 207 Å². The monoisotopic (exact) mass is 577 g/mol. The van der Waals surface area contributed by atoms with Crippen LogP contribution in [0.4, 0.5) is 0 Å². The standard InChI is InChI=1S/C14H12BrNO2S.C10H9BrO2/c15-10-3-9-1-2-12(17)5-13(9)14(4-10)18-6-11-7-19-8-16-11;11-7-3-6-1-2-8(12)5-9(6)10(13)4-7/h3-4,7-8H,1-2,5-6H2;3-4,13H,1-2,5H2. The zero-order chi connectivity index (χ0) is 22.7. The minimum absolute atomic E-state index is 0.213. The minimum atomic E-state index is 0.213. The van der Waals surface area contributed by atoms with Crippen LogP contribution in [0.3, 0.4) is 0 Å². The Hall–Kier alpha value is -2.03. The van der Waals surface area contributed by atoms with E-state index in [1.807, 2.05) is 17.5 Å². The summed E-state index contributed by atoms with van der Waals surface area (Å²) in [5.41, 5.74) is 6.85. The molecule has 1 aromatic heterocycles. The van der Waals surface area contributed by atoms with Crippen molar-refractivity contribution in [3.8, 4) is 11.5 Å². The Morgan fingerprint density at radius 1 is 0.906 bits per heavy atom. The van der Waals surface area contributed by atoms with Gasteiger partial charge in [0.2, 0.25) is 0 Å². The minimum Gasteiger partial charge on any atom is -0.508 e. The Morgan fingerprint density at radius 2 is 1.53 bits per heavy atom. The second-order valence-corrected chi connectivity index (χ2v) is 10.4. The number of phenols is 1. The average molecular weight is 579 g/mol. The van der Waals surface area contributed by atoms with Crippen LogP contribution in [-0.4, -0.2) is 21.7 Å². The van der Waals surface area contributed by atoms with Crippen LogP contribution in [0.1, 0.15) is 40.8 Å². The van der Waals surface area contributed by atoms with Crippen molar-refractivity contribution in [2.45, 2.75) is 45.1 Å². The zero-order valence-electron chi connectivity index (χ0n) is 17.2. The van der Waals surface area contributed by atoms with E-state index in [0.29, 0.717) is 32.3 Å². The molecule has 2 aliphatic rings. The Balaban J connectivity index is 0.000000165. The lowest BCUT2D eigenvalue weighted by Crippen LogP contribution is -2.15. The van der Waals surface area contributed by atoms with E-state index in [2.05, 4.69) is 42.9 Å². The maximum Gasteiger partial charge on any atom is 0.137 e. The predicted molar refractivity (Wildman–Crippen MR) is 130 cm³/mol. The summed E-state index contributed by atoms with van der Waals surface area (Å²) in [5.74, 6) is 1.53. The average Bonchev–Trinajstić information content (AvgIpc) is 3.27. The summed E-state index contributed by atoms with van der Waals surface area (Å²) in [6.07, 6.45) is 3.66. The molecule has 0 spiro atoms. The van der Waals surface area contributed by atoms with Crippen LogP contribution in [0.2, 0.25) is 0 Å². The Bertz CT molecular complexity index is 1160. The van der Waals surface area contributed by atoms with Gasteiger partial charge in [-0.25, -0.2) is 4.98 Å². The molecule has 0 radical (unpaired) electrons. The first-order valence-corrected chi connectivity index (χ1v) is 12.8. The van der Waals surface area contributed by atoms with Gasteiger partial charge in [-0.15, -0.1) is 11.3 Å². The predicted octanol–water partition coefficient (Wildman–Crippen LogP) is 5.75. The summed E-state index contributed by atoms with van der Waals surface area (Å²) in [6, 6.07) is 7.63. The van der Waals surface area contributed by atoms with Gasteiger partial charge in [0.1, 0.15) is 29.7 Å². The number of aromatic nitrogens is 1. The molecule has 2 aliphatic carbocycles. The van der Waals surface area contributed by atoms with Crippen LogP contribution in [0.5, 0.6) is 11.5 Å². The number of ether oxygens (including phenoxy) is 1. The van der Waals surface area contributed by atoms with Gasteiger partial charge in [0, 0.05) is 51.1 Å². The molecule has 0 aliphatic heterocycles. The number of aryl methyl sites for hydroxylation is 2. The van der Waals surface area contributed by atoms with Crippen molar-refractivity contribution in [2.24, 2.45) is 0 Å². The van der Waals surface area contributed by atoms with E-state index in [1.165, 1.54) is 5.56 Å². The molecule has 0 saturated carbocycles. The van der Waals surface area contributed by atoms with Crippen LogP contribution < -0.4 is 4.74 Å². The van der Waals surface area contributed by atoms with Gasteiger partial charge < -0.3 is 9.84 Å². The molecule has 5 nitrogen and oxygen atoms in total. The van der Waals surface area contributed by atoms with Crippen molar-refractivity contribution < 1.29 is 19.4 Å². The molecule has 166 valence electrons. The molecule has 0 bridgehead atoms. The third kappa shape index (κ3) is 5.66. The van der Waals surface area contributed by atoms with Gasteiger partial charge in [-0.2, -0.15) is 0 Å². The lowest BCUT2D eigenvalue weighted by Gasteiger charge is -2.19. The van der Waals surface area contributed by atoms with E-state index in [9.17, 15) is 14.7 Å². The first-order chi connectivity index (χ1) is 15.4. The van der Waals surface area contributed by atoms with Crippen molar-refractivity contribution in [2.75, 3.05) is 0 Å². The second-order valence-electron chi connectivity index (χ2n) is 7.80. The number of benzene rings is 2. The molecule has 8 heteroatoms. The number of ketones is 2. The molecule has 2 aromatic carbocycles. The third-order valence-electron chi connectivity index (χ3n) is 5.50. The number of carbonyl (C=O) groups excluding carboxylic acids is 2. The zero-order valence-corrected chi connectivity index (χ0v) is 21.2. The summed E-state index contributed by atoms with van der Waals surface area (Å²) >= 11 is 8.36. The summed E-state index contributed by atoms with van der Waals surface area (Å²) in [5, 5.41) is 11.5. The fourth-order valence-corrected chi connectivity index (χ4v) is 5.42. The van der Waals surface area contributed by atoms with Crippen molar-refractivity contribution in [1.29, 1.82) is 0 Å². The van der Waals surface area contributed by atoms with Crippen LogP contribution in [-0.2, 0) is 41.9 Å². The lowest BCUT2D eigenvalue weighted by molar-refractivity contribution is -0.119. The summed E-state index contributed by atoms with van der Waals surface area (Å²) in [4.78, 5) is 27.0. The number of hydrogen-bond acceptors (Lipinski definition) is 6. The van der Waals surface area contributed by atoms with Gasteiger partial charge in [0.25, 0.3) is 0 Å². The largest absolute Gasteiger partial charge is 0.508 e. The van der Waals surface area contributed by atoms with Crippen molar-refractivity contribution in [3.63, 3.8) is 0 Å². The number of rotatable bonds is 3. The number of nitrogens with zero attached hydrogens (tertiary/aromatic N) is 1. The van der Waals surface area contributed by atoms with Crippen molar-refractivity contribution >= 4 is 54.8 Å². The van der Waals surface area contributed by atoms with Gasteiger partial charge in [0.05, 0.1) is 11.2 Å². The van der Waals surface area contributed by atoms with E-state index < -0.39 is 0 Å². The molecule has 0 atom stereocenters. The fraction of sp³-hybridized carbons (Fsp3) is 0.292. The van der Waals surface area contributed by atoms with Crippen LogP contribution in [0, 0.1) is 0 Å². The van der Waals surface area contributed by atoms with E-state index >= 15 is 0 Å². The highest BCUT2D eigenvalue weighted by Crippen LogP contribution is 2.33. The number of aromatic hydroxyl groups is 1. The molecule has 3 aromatic rings. The Morgan fingerprint density at radius 3 is 2.19 bits per heavy atom. The summed E-state index contributed by atoms with van der Waals surface area (Å²) in [6.45, 7) is 0.445. The number of fused-ring (bicyclic) bond motifs is 2. The van der Waals surface area contributed by atoms with Gasteiger partial charge in [-0.1, -0.05) is 31.9 Å². The van der Waals surface area contributed by atoms with E-state index in [4.69, 9.17) is 4.74 Å². The quantitative estimate of drug-likeness (QED) is 0.428. The van der Waals surface area contributed by atoms with Gasteiger partial charge in [0.15, 0.2) is 0 Å². The van der Waals surface area contributed by atoms with Crippen LogP contribution >= 0.6 is 43.2 Å². The lowest BCUT2D eigenvalue weighted by atomic mass is 9.90. The number of Topliss-reactive ketones (excluding diaryl/α,β-unsaturated/α-hetero) is 2. The fourth-order valence-electron chi connectivity index (χ4n) is 3.90. The van der Waals surface area contributed by atoms with Crippen molar-refractivity contribution in [3.05, 3.63) is 72.0 Å². The molecular formula is C24H21Br2NO4S. The molecular weight excluding hydrogens is 558 g/mol. The first kappa shape index (κ1) is 23.1. The highest BCUT2D eigenvalue weighted by atomic mass is 79.9. The molecule has 5 rings (SSSR count). The maximum atomic E-state index is 11.6. The normalized spacial score (nSPS) is 14.8. The second kappa shape index (κ2) is 10.3. The number of carbonyl (C=O) groups is 2. The topological polar surface area (TPSA) is 76.5 Å². The van der Waals surface area contributed by atoms with Gasteiger partial charge in [-0.05, 0) is 48.2 Å². The molecule has 0 fully saturated rings. The molecule has 1 heterocycles.